The van der Waals surface area contributed by atoms with E-state index in [-0.39, 0.29) is 0 Å². The van der Waals surface area contributed by atoms with E-state index in [0.29, 0.717) is 11.4 Å². The third kappa shape index (κ3) is 2.43. The van der Waals surface area contributed by atoms with Gasteiger partial charge in [-0.2, -0.15) is 5.26 Å². The number of ether oxygens (including phenoxy) is 1. The number of fused-ring (bicyclic) bond motifs is 1. The van der Waals surface area contributed by atoms with Crippen LogP contribution in [0.2, 0.25) is 0 Å². The van der Waals surface area contributed by atoms with E-state index in [9.17, 15) is 5.26 Å². The largest absolute Gasteiger partial charge is 0.481 e. The molecule has 2 heterocycles. The molecule has 21 heavy (non-hydrogen) atoms. The number of aryl methyl sites for hydroxylation is 1. The van der Waals surface area contributed by atoms with Crippen molar-refractivity contribution in [2.75, 3.05) is 25.6 Å². The molecule has 1 aromatic carbocycles. The zero-order valence-electron chi connectivity index (χ0n) is 12.3. The summed E-state index contributed by atoms with van der Waals surface area (Å²) in [6, 6.07) is 10.2. The number of nitrogens with zero attached hydrogens (tertiary/aromatic N) is 3. The van der Waals surface area contributed by atoms with Crippen LogP contribution in [0.3, 0.4) is 0 Å². The lowest BCUT2D eigenvalue weighted by molar-refractivity contribution is 0.398. The van der Waals surface area contributed by atoms with Crippen molar-refractivity contribution in [3.8, 4) is 23.1 Å². The van der Waals surface area contributed by atoms with E-state index < -0.39 is 0 Å². The maximum atomic E-state index is 9.45. The highest BCUT2D eigenvalue weighted by atomic mass is 16.5. The first-order valence-corrected chi connectivity index (χ1v) is 7.01. The molecule has 0 N–H and O–H groups in total. The van der Waals surface area contributed by atoms with Gasteiger partial charge in [-0.3, -0.25) is 0 Å². The van der Waals surface area contributed by atoms with Crippen molar-refractivity contribution in [1.82, 2.24) is 4.98 Å². The van der Waals surface area contributed by atoms with Crippen LogP contribution in [0.25, 0.3) is 11.1 Å². The van der Waals surface area contributed by atoms with E-state index in [0.717, 1.165) is 30.5 Å². The second kappa shape index (κ2) is 5.45. The lowest BCUT2D eigenvalue weighted by Gasteiger charge is -2.28. The number of methoxy groups -OCH3 is 1. The van der Waals surface area contributed by atoms with Crippen molar-refractivity contribution in [3.05, 3.63) is 41.6 Å². The van der Waals surface area contributed by atoms with Crippen LogP contribution in [0.1, 0.15) is 17.5 Å². The Labute approximate surface area is 124 Å². The molecule has 0 bridgehead atoms. The minimum absolute atomic E-state index is 0.579. The summed E-state index contributed by atoms with van der Waals surface area (Å²) in [5.41, 5.74) is 5.05. The van der Waals surface area contributed by atoms with E-state index in [1.54, 1.807) is 13.3 Å². The fraction of sp³-hybridized carbons (Fsp3) is 0.294. The fourth-order valence-corrected chi connectivity index (χ4v) is 2.81. The highest BCUT2D eigenvalue weighted by Gasteiger charge is 2.17. The van der Waals surface area contributed by atoms with E-state index in [2.05, 4.69) is 29.1 Å². The SMILES string of the molecule is COc1ccc(-c2cc3c(cc2C#N)N(C)CCC3)cn1. The molecule has 2 aromatic rings. The maximum Gasteiger partial charge on any atom is 0.212 e. The summed E-state index contributed by atoms with van der Waals surface area (Å²) < 4.78 is 5.08. The van der Waals surface area contributed by atoms with Crippen LogP contribution in [-0.4, -0.2) is 25.7 Å². The van der Waals surface area contributed by atoms with Gasteiger partial charge in [-0.05, 0) is 36.6 Å². The van der Waals surface area contributed by atoms with Crippen LogP contribution in [0, 0.1) is 11.3 Å². The summed E-state index contributed by atoms with van der Waals surface area (Å²) in [5.74, 6) is 0.579. The molecule has 0 fully saturated rings. The third-order valence-electron chi connectivity index (χ3n) is 3.95. The molecule has 0 unspecified atom stereocenters. The van der Waals surface area contributed by atoms with Gasteiger partial charge in [0.15, 0.2) is 0 Å². The first-order chi connectivity index (χ1) is 10.2. The number of hydrogen-bond acceptors (Lipinski definition) is 4. The van der Waals surface area contributed by atoms with Crippen LogP contribution in [0.15, 0.2) is 30.5 Å². The van der Waals surface area contributed by atoms with Crippen LogP contribution in [0.5, 0.6) is 5.88 Å². The van der Waals surface area contributed by atoms with Crippen molar-refractivity contribution in [1.29, 1.82) is 5.26 Å². The summed E-state index contributed by atoms with van der Waals surface area (Å²) in [7, 11) is 3.67. The van der Waals surface area contributed by atoms with Crippen LogP contribution >= 0.6 is 0 Å². The summed E-state index contributed by atoms with van der Waals surface area (Å²) in [6.45, 7) is 1.04. The van der Waals surface area contributed by atoms with Crippen molar-refractivity contribution in [2.24, 2.45) is 0 Å². The van der Waals surface area contributed by atoms with Crippen LogP contribution in [-0.2, 0) is 6.42 Å². The molecule has 4 heteroatoms. The van der Waals surface area contributed by atoms with Gasteiger partial charge in [0, 0.05) is 42.7 Å². The van der Waals surface area contributed by atoms with Crippen molar-refractivity contribution in [3.63, 3.8) is 0 Å². The van der Waals surface area contributed by atoms with Crippen LogP contribution < -0.4 is 9.64 Å². The summed E-state index contributed by atoms with van der Waals surface area (Å²) in [4.78, 5) is 6.45. The quantitative estimate of drug-likeness (QED) is 0.848. The Morgan fingerprint density at radius 2 is 2.19 bits per heavy atom. The predicted octanol–water partition coefficient (Wildman–Crippen LogP) is 3.01. The normalized spacial score (nSPS) is 13.5. The van der Waals surface area contributed by atoms with Gasteiger partial charge in [0.05, 0.1) is 18.7 Å². The standard InChI is InChI=1S/C17H17N3O/c1-20-7-3-4-12-8-15(14(10-18)9-16(12)20)13-5-6-17(21-2)19-11-13/h5-6,8-9,11H,3-4,7H2,1-2H3. The summed E-state index contributed by atoms with van der Waals surface area (Å²) in [6.07, 6.45) is 3.96. The maximum absolute atomic E-state index is 9.45. The molecule has 1 aliphatic heterocycles. The summed E-state index contributed by atoms with van der Waals surface area (Å²) >= 11 is 0. The number of nitriles is 1. The predicted molar refractivity (Wildman–Crippen MR) is 82.5 cm³/mol. The zero-order chi connectivity index (χ0) is 14.8. The molecule has 0 saturated heterocycles. The van der Waals surface area contributed by atoms with E-state index in [4.69, 9.17) is 4.74 Å². The molecule has 0 spiro atoms. The molecule has 0 radical (unpaired) electrons. The van der Waals surface area contributed by atoms with E-state index in [1.807, 2.05) is 18.2 Å². The second-order valence-electron chi connectivity index (χ2n) is 5.25. The minimum atomic E-state index is 0.579. The average molecular weight is 279 g/mol. The molecule has 106 valence electrons. The average Bonchev–Trinajstić information content (AvgIpc) is 2.54. The second-order valence-corrected chi connectivity index (χ2v) is 5.25. The molecular formula is C17H17N3O. The molecule has 1 aromatic heterocycles. The smallest absolute Gasteiger partial charge is 0.212 e. The fourth-order valence-electron chi connectivity index (χ4n) is 2.81. The number of pyridine rings is 1. The number of aromatic nitrogens is 1. The Hall–Kier alpha value is -2.54. The van der Waals surface area contributed by atoms with Gasteiger partial charge < -0.3 is 9.64 Å². The van der Waals surface area contributed by atoms with Crippen molar-refractivity contribution in [2.45, 2.75) is 12.8 Å². The van der Waals surface area contributed by atoms with Gasteiger partial charge >= 0.3 is 0 Å². The molecular weight excluding hydrogens is 262 g/mol. The Bertz CT molecular complexity index is 701. The zero-order valence-corrected chi connectivity index (χ0v) is 12.3. The highest BCUT2D eigenvalue weighted by Crippen LogP contribution is 2.33. The number of hydrogen-bond donors (Lipinski definition) is 0. The van der Waals surface area contributed by atoms with Crippen molar-refractivity contribution < 1.29 is 4.74 Å². The highest BCUT2D eigenvalue weighted by molar-refractivity contribution is 5.76. The minimum Gasteiger partial charge on any atom is -0.481 e. The topological polar surface area (TPSA) is 49.1 Å². The van der Waals surface area contributed by atoms with Gasteiger partial charge in [0.1, 0.15) is 0 Å². The van der Waals surface area contributed by atoms with Gasteiger partial charge in [-0.1, -0.05) is 0 Å². The van der Waals surface area contributed by atoms with Gasteiger partial charge in [-0.15, -0.1) is 0 Å². The van der Waals surface area contributed by atoms with Crippen molar-refractivity contribution >= 4 is 5.69 Å². The molecule has 0 aliphatic carbocycles. The Morgan fingerprint density at radius 3 is 2.86 bits per heavy atom. The first kappa shape index (κ1) is 13.4. The molecule has 0 saturated carbocycles. The first-order valence-electron chi connectivity index (χ1n) is 7.01. The lowest BCUT2D eigenvalue weighted by atomic mass is 9.93. The monoisotopic (exact) mass is 279 g/mol. The molecule has 3 rings (SSSR count). The molecule has 0 amide bonds. The van der Waals surface area contributed by atoms with Gasteiger partial charge in [-0.25, -0.2) is 4.98 Å². The molecule has 0 atom stereocenters. The number of benzene rings is 1. The molecule has 4 nitrogen and oxygen atoms in total. The van der Waals surface area contributed by atoms with Gasteiger partial charge in [0.2, 0.25) is 5.88 Å². The molecule has 1 aliphatic rings. The number of rotatable bonds is 2. The van der Waals surface area contributed by atoms with Crippen LogP contribution in [0.4, 0.5) is 5.69 Å². The third-order valence-corrected chi connectivity index (χ3v) is 3.95. The summed E-state index contributed by atoms with van der Waals surface area (Å²) in [5, 5.41) is 9.45. The lowest BCUT2D eigenvalue weighted by Crippen LogP contribution is -2.24. The van der Waals surface area contributed by atoms with E-state index >= 15 is 0 Å². The van der Waals surface area contributed by atoms with Gasteiger partial charge in [0.25, 0.3) is 0 Å². The Kier molecular flexibility index (Phi) is 3.49. The Morgan fingerprint density at radius 1 is 1.33 bits per heavy atom. The van der Waals surface area contributed by atoms with E-state index in [1.165, 1.54) is 11.3 Å². The number of anilines is 1. The Balaban J connectivity index is 2.11.